The lowest BCUT2D eigenvalue weighted by Gasteiger charge is -2.32. The van der Waals surface area contributed by atoms with Crippen molar-refractivity contribution < 1.29 is 19.3 Å². The summed E-state index contributed by atoms with van der Waals surface area (Å²) in [7, 11) is 0. The van der Waals surface area contributed by atoms with E-state index in [1.54, 1.807) is 0 Å². The number of anilines is 1. The Morgan fingerprint density at radius 2 is 1.72 bits per heavy atom. The summed E-state index contributed by atoms with van der Waals surface area (Å²) >= 11 is 0. The van der Waals surface area contributed by atoms with Gasteiger partial charge in [-0.3, -0.25) is 0 Å². The molecule has 6 nitrogen and oxygen atoms in total. The number of hydrogen-bond donors (Lipinski definition) is 2. The summed E-state index contributed by atoms with van der Waals surface area (Å²) in [4.78, 5) is 5.09. The fourth-order valence-corrected chi connectivity index (χ4v) is 5.37. The molecule has 0 spiro atoms. The van der Waals surface area contributed by atoms with Gasteiger partial charge in [0, 0.05) is 34.7 Å². The van der Waals surface area contributed by atoms with Crippen LogP contribution in [0.5, 0.6) is 0 Å². The van der Waals surface area contributed by atoms with E-state index in [9.17, 15) is 5.11 Å². The Kier molecular flexibility index (Phi) is 11.1. The monoisotopic (exact) mass is 582 g/mol. The molecule has 2 N–H and O–H groups in total. The Labute approximate surface area is 256 Å². The zero-order valence-corrected chi connectivity index (χ0v) is 26.2. The van der Waals surface area contributed by atoms with Gasteiger partial charge >= 0.3 is 0 Å². The van der Waals surface area contributed by atoms with Crippen LogP contribution in [-0.4, -0.2) is 29.9 Å². The third kappa shape index (κ3) is 7.00. The van der Waals surface area contributed by atoms with Gasteiger partial charge < -0.3 is 24.6 Å². The van der Waals surface area contributed by atoms with Crippen LogP contribution in [0.25, 0.3) is 27.8 Å². The molecule has 1 fully saturated rings. The van der Waals surface area contributed by atoms with E-state index >= 15 is 0 Å². The van der Waals surface area contributed by atoms with Crippen molar-refractivity contribution in [2.75, 3.05) is 25.1 Å². The first kappa shape index (κ1) is 32.4. The summed E-state index contributed by atoms with van der Waals surface area (Å²) in [5, 5.41) is 17.9. The number of rotatable bonds is 10. The molecule has 1 unspecified atom stereocenters. The molecule has 1 aliphatic rings. The zero-order chi connectivity index (χ0) is 31.0. The minimum atomic E-state index is -1.06. The molecule has 2 heterocycles. The number of fused-ring (bicyclic) bond motifs is 3. The second-order valence-corrected chi connectivity index (χ2v) is 11.6. The normalized spacial score (nSPS) is 15.1. The summed E-state index contributed by atoms with van der Waals surface area (Å²) in [5.74, 6) is 1.23. The maximum Gasteiger partial charge on any atom is 0.184 e. The highest BCUT2D eigenvalue weighted by Gasteiger charge is 2.28. The van der Waals surface area contributed by atoms with Gasteiger partial charge in [0.15, 0.2) is 12.6 Å². The maximum absolute atomic E-state index is 10.9. The lowest BCUT2D eigenvalue weighted by atomic mass is 9.73. The van der Waals surface area contributed by atoms with Gasteiger partial charge in [0.05, 0.1) is 18.7 Å². The molecule has 3 aromatic carbocycles. The van der Waals surface area contributed by atoms with E-state index in [-0.39, 0.29) is 5.41 Å². The summed E-state index contributed by atoms with van der Waals surface area (Å²) in [6.45, 7) is 18.9. The minimum Gasteiger partial charge on any atom is -0.364 e. The van der Waals surface area contributed by atoms with E-state index in [2.05, 4.69) is 82.6 Å². The number of benzene rings is 3. The molecule has 0 amide bonds. The molecule has 5 rings (SSSR count). The first-order chi connectivity index (χ1) is 20.8. The first-order valence-corrected chi connectivity index (χ1v) is 15.2. The standard InChI is InChI=1S/C35H42N2O4.C2H4/c1-6-20-39-33(38)27-14-9-15-28(34-40-21-11-22-41-34)24(27)18-19-36-32-31-26(25-12-7-8-17-30(25)37-32)13-10-16-29(31)35(4,5)23(2)3;1-2/h7-10,12-19,23,33-34,38H,6,11,20-22H2,1-5H3,(H,36,37);1-2H2/b19-18+;. The Morgan fingerprint density at radius 1 is 1.02 bits per heavy atom. The van der Waals surface area contributed by atoms with Crippen molar-refractivity contribution in [2.24, 2.45) is 5.92 Å². The van der Waals surface area contributed by atoms with E-state index in [1.807, 2.05) is 43.5 Å². The third-order valence-electron chi connectivity index (χ3n) is 8.34. The lowest BCUT2D eigenvalue weighted by Crippen LogP contribution is -2.25. The predicted octanol–water partition coefficient (Wildman–Crippen LogP) is 9.06. The van der Waals surface area contributed by atoms with E-state index in [0.717, 1.165) is 46.1 Å². The summed E-state index contributed by atoms with van der Waals surface area (Å²) in [6.07, 6.45) is 3.97. The largest absolute Gasteiger partial charge is 0.364 e. The van der Waals surface area contributed by atoms with Gasteiger partial charge in [0.1, 0.15) is 5.82 Å². The smallest absolute Gasteiger partial charge is 0.184 e. The molecule has 1 aliphatic heterocycles. The van der Waals surface area contributed by atoms with Crippen LogP contribution < -0.4 is 5.32 Å². The van der Waals surface area contributed by atoms with E-state index in [1.165, 1.54) is 10.9 Å². The Morgan fingerprint density at radius 3 is 2.44 bits per heavy atom. The second-order valence-electron chi connectivity index (χ2n) is 11.6. The molecule has 0 saturated carbocycles. The molecular formula is C37H46N2O4. The van der Waals surface area contributed by atoms with Gasteiger partial charge in [0.2, 0.25) is 0 Å². The molecule has 0 aliphatic carbocycles. The number of pyridine rings is 1. The van der Waals surface area contributed by atoms with Crippen LogP contribution in [0, 0.1) is 5.92 Å². The summed E-state index contributed by atoms with van der Waals surface area (Å²) < 4.78 is 17.6. The number of aliphatic hydroxyl groups excluding tert-OH is 1. The molecular weight excluding hydrogens is 536 g/mol. The number of ether oxygens (including phenoxy) is 3. The van der Waals surface area contributed by atoms with Crippen molar-refractivity contribution in [3.8, 4) is 0 Å². The molecule has 1 saturated heterocycles. The Bertz CT molecular complexity index is 1540. The second kappa shape index (κ2) is 14.8. The van der Waals surface area contributed by atoms with Crippen molar-refractivity contribution in [3.05, 3.63) is 102 Å². The fourth-order valence-electron chi connectivity index (χ4n) is 5.37. The van der Waals surface area contributed by atoms with E-state index in [0.29, 0.717) is 31.3 Å². The van der Waals surface area contributed by atoms with Crippen molar-refractivity contribution >= 4 is 33.6 Å². The van der Waals surface area contributed by atoms with Crippen LogP contribution in [0.2, 0.25) is 0 Å². The van der Waals surface area contributed by atoms with E-state index in [4.69, 9.17) is 19.2 Å². The van der Waals surface area contributed by atoms with Gasteiger partial charge in [0.25, 0.3) is 0 Å². The molecule has 4 aromatic rings. The number of aromatic nitrogens is 1. The van der Waals surface area contributed by atoms with Crippen molar-refractivity contribution in [2.45, 2.75) is 65.5 Å². The lowest BCUT2D eigenvalue weighted by molar-refractivity contribution is -0.183. The third-order valence-corrected chi connectivity index (χ3v) is 8.34. The van der Waals surface area contributed by atoms with Crippen molar-refractivity contribution in [1.82, 2.24) is 4.98 Å². The van der Waals surface area contributed by atoms with Crippen LogP contribution in [0.1, 0.15) is 82.3 Å². The van der Waals surface area contributed by atoms with Crippen LogP contribution >= 0.6 is 0 Å². The number of hydrogen-bond acceptors (Lipinski definition) is 6. The summed E-state index contributed by atoms with van der Waals surface area (Å²) in [6, 6.07) is 20.6. The van der Waals surface area contributed by atoms with Gasteiger partial charge in [-0.1, -0.05) is 89.2 Å². The zero-order valence-electron chi connectivity index (χ0n) is 26.2. The van der Waals surface area contributed by atoms with Gasteiger partial charge in [-0.05, 0) is 52.8 Å². The molecule has 1 aromatic heterocycles. The van der Waals surface area contributed by atoms with Crippen molar-refractivity contribution in [1.29, 1.82) is 0 Å². The molecule has 0 bridgehead atoms. The average Bonchev–Trinajstić information content (AvgIpc) is 3.04. The highest BCUT2D eigenvalue weighted by molar-refractivity contribution is 6.11. The average molecular weight is 583 g/mol. The maximum atomic E-state index is 10.9. The fraction of sp³-hybridized carbons (Fsp3) is 0.378. The van der Waals surface area contributed by atoms with Gasteiger partial charge in [-0.2, -0.15) is 0 Å². The SMILES string of the molecule is C=C.CCCOC(O)c1cccc(C2OCCCO2)c1/C=C/Nc1nc2ccccc2c2cccc(C(C)(C)C(C)C)c12. The van der Waals surface area contributed by atoms with E-state index < -0.39 is 12.6 Å². The van der Waals surface area contributed by atoms with Crippen LogP contribution in [0.15, 0.2) is 80.0 Å². The Balaban J connectivity index is 0.00000207. The van der Waals surface area contributed by atoms with Gasteiger partial charge in [-0.15, -0.1) is 13.2 Å². The quantitative estimate of drug-likeness (QED) is 0.110. The number of nitrogens with zero attached hydrogens (tertiary/aromatic N) is 1. The topological polar surface area (TPSA) is 72.8 Å². The number of para-hydroxylation sites is 1. The summed E-state index contributed by atoms with van der Waals surface area (Å²) in [5.41, 5.74) is 4.46. The van der Waals surface area contributed by atoms with Crippen LogP contribution in [-0.2, 0) is 19.6 Å². The van der Waals surface area contributed by atoms with Gasteiger partial charge in [-0.25, -0.2) is 4.98 Å². The predicted molar refractivity (Wildman–Crippen MR) is 178 cm³/mol. The highest BCUT2D eigenvalue weighted by atomic mass is 16.7. The molecule has 1 atom stereocenters. The van der Waals surface area contributed by atoms with Crippen LogP contribution in [0.4, 0.5) is 5.82 Å². The molecule has 43 heavy (non-hydrogen) atoms. The first-order valence-electron chi connectivity index (χ1n) is 15.2. The highest BCUT2D eigenvalue weighted by Crippen LogP contribution is 2.41. The van der Waals surface area contributed by atoms with Crippen LogP contribution in [0.3, 0.4) is 0 Å². The molecule has 228 valence electrons. The Hall–Kier alpha value is -3.55. The number of nitrogens with one attached hydrogen (secondary N) is 1. The van der Waals surface area contributed by atoms with Crippen molar-refractivity contribution in [3.63, 3.8) is 0 Å². The molecule has 6 heteroatoms. The molecule has 0 radical (unpaired) electrons. The minimum absolute atomic E-state index is 0.0695. The number of aliphatic hydroxyl groups is 1.